The summed E-state index contributed by atoms with van der Waals surface area (Å²) in [5.41, 5.74) is 1.87. The molecule has 1 heterocycles. The van der Waals surface area contributed by atoms with Crippen LogP contribution in [0.4, 0.5) is 0 Å². The first-order valence-electron chi connectivity index (χ1n) is 6.03. The first kappa shape index (κ1) is 14.1. The van der Waals surface area contributed by atoms with Crippen molar-refractivity contribution in [1.82, 2.24) is 0 Å². The van der Waals surface area contributed by atoms with E-state index in [0.29, 0.717) is 0 Å². The second kappa shape index (κ2) is 6.22. The van der Waals surface area contributed by atoms with Crippen LogP contribution in [0.3, 0.4) is 0 Å². The average Bonchev–Trinajstić information content (AvgIpc) is 2.75. The molecular weight excluding hydrogens is 272 g/mol. The number of hydrogen-bond donors (Lipinski definition) is 0. The number of ketones is 1. The molecule has 0 amide bonds. The number of thiophene rings is 1. The molecule has 0 bridgehead atoms. The van der Waals surface area contributed by atoms with Gasteiger partial charge in [0.25, 0.3) is 0 Å². The molecule has 0 saturated heterocycles. The van der Waals surface area contributed by atoms with E-state index in [-0.39, 0.29) is 5.78 Å². The molecule has 0 aliphatic heterocycles. The summed E-state index contributed by atoms with van der Waals surface area (Å²) in [6.07, 6.45) is 5.58. The van der Waals surface area contributed by atoms with Crippen molar-refractivity contribution in [1.29, 1.82) is 0 Å². The summed E-state index contributed by atoms with van der Waals surface area (Å²) in [5, 5.41) is 0. The summed E-state index contributed by atoms with van der Waals surface area (Å²) in [4.78, 5) is 15.6. The Bertz CT molecular complexity index is 606. The Kier molecular flexibility index (Phi) is 4.61. The number of carbonyl (C=O) groups is 1. The van der Waals surface area contributed by atoms with Crippen molar-refractivity contribution < 1.29 is 4.79 Å². The van der Waals surface area contributed by atoms with Crippen LogP contribution in [0.5, 0.6) is 0 Å². The summed E-state index contributed by atoms with van der Waals surface area (Å²) in [5.74, 6) is 0.0794. The molecule has 0 spiro atoms. The largest absolute Gasteiger partial charge is 0.289 e. The van der Waals surface area contributed by atoms with Gasteiger partial charge >= 0.3 is 0 Å². The molecule has 0 unspecified atom stereocenters. The van der Waals surface area contributed by atoms with Gasteiger partial charge in [-0.15, -0.1) is 23.1 Å². The van der Waals surface area contributed by atoms with Crippen LogP contribution in [0.2, 0.25) is 0 Å². The number of hydrogen-bond acceptors (Lipinski definition) is 3. The lowest BCUT2D eigenvalue weighted by molar-refractivity contribution is 0.104. The van der Waals surface area contributed by atoms with Gasteiger partial charge in [-0.2, -0.15) is 0 Å². The van der Waals surface area contributed by atoms with Crippen molar-refractivity contribution in [2.24, 2.45) is 0 Å². The van der Waals surface area contributed by atoms with Crippen LogP contribution in [0.25, 0.3) is 6.08 Å². The molecule has 0 atom stereocenters. The van der Waals surface area contributed by atoms with E-state index < -0.39 is 0 Å². The predicted molar refractivity (Wildman–Crippen MR) is 85.4 cm³/mol. The van der Waals surface area contributed by atoms with Crippen molar-refractivity contribution >= 4 is 35.0 Å². The molecule has 98 valence electrons. The van der Waals surface area contributed by atoms with E-state index in [2.05, 4.69) is 18.4 Å². The first-order valence-corrected chi connectivity index (χ1v) is 8.08. The fourth-order valence-electron chi connectivity index (χ4n) is 1.85. The number of carbonyl (C=O) groups excluding carboxylic acids is 1. The number of aryl methyl sites for hydroxylation is 2. The van der Waals surface area contributed by atoms with E-state index in [1.807, 2.05) is 38.1 Å². The number of rotatable bonds is 4. The lowest BCUT2D eigenvalue weighted by Crippen LogP contribution is -1.93. The third-order valence-electron chi connectivity index (χ3n) is 2.85. The topological polar surface area (TPSA) is 17.1 Å². The number of allylic oxidation sites excluding steroid dienone is 1. The quantitative estimate of drug-likeness (QED) is 0.448. The minimum Gasteiger partial charge on any atom is -0.289 e. The summed E-state index contributed by atoms with van der Waals surface area (Å²) in [7, 11) is 0. The van der Waals surface area contributed by atoms with Gasteiger partial charge in [-0.25, -0.2) is 0 Å². The average molecular weight is 288 g/mol. The highest BCUT2D eigenvalue weighted by Gasteiger charge is 2.08. The van der Waals surface area contributed by atoms with E-state index in [0.717, 1.165) is 16.0 Å². The van der Waals surface area contributed by atoms with Crippen LogP contribution >= 0.6 is 23.1 Å². The molecule has 0 N–H and O–H groups in total. The molecule has 0 aliphatic rings. The lowest BCUT2D eigenvalue weighted by Gasteiger charge is -1.97. The van der Waals surface area contributed by atoms with Crippen molar-refractivity contribution in [3.63, 3.8) is 0 Å². The number of thioether (sulfide) groups is 1. The maximum Gasteiger partial charge on any atom is 0.186 e. The molecule has 0 aliphatic carbocycles. The van der Waals surface area contributed by atoms with Gasteiger partial charge in [-0.1, -0.05) is 18.2 Å². The molecule has 1 aromatic carbocycles. The van der Waals surface area contributed by atoms with Gasteiger partial charge < -0.3 is 0 Å². The molecule has 0 fully saturated rings. The van der Waals surface area contributed by atoms with Crippen molar-refractivity contribution in [2.45, 2.75) is 18.7 Å². The molecule has 0 saturated carbocycles. The minimum absolute atomic E-state index is 0.0794. The van der Waals surface area contributed by atoms with E-state index in [9.17, 15) is 4.79 Å². The monoisotopic (exact) mass is 288 g/mol. The highest BCUT2D eigenvalue weighted by Crippen LogP contribution is 2.22. The zero-order chi connectivity index (χ0) is 13.8. The molecule has 3 heteroatoms. The minimum atomic E-state index is 0.0794. The Hall–Kier alpha value is -1.32. The summed E-state index contributed by atoms with van der Waals surface area (Å²) >= 11 is 3.38. The van der Waals surface area contributed by atoms with E-state index in [1.54, 1.807) is 29.2 Å². The van der Waals surface area contributed by atoms with Crippen molar-refractivity contribution in [3.8, 4) is 0 Å². The van der Waals surface area contributed by atoms with Gasteiger partial charge in [0.05, 0.1) is 0 Å². The third-order valence-corrected chi connectivity index (χ3v) is 4.56. The highest BCUT2D eigenvalue weighted by atomic mass is 32.2. The normalized spacial score (nSPS) is 11.1. The second-order valence-electron chi connectivity index (χ2n) is 4.30. The molecule has 1 nitrogen and oxygen atoms in total. The second-order valence-corrected chi connectivity index (χ2v) is 6.64. The standard InChI is InChI=1S/C16H16OS2/c1-11-10-15(12(2)19-11)16(17)9-6-13-4-7-14(18-3)8-5-13/h4-10H,1-3H3/b9-6+. The van der Waals surface area contributed by atoms with Crippen LogP contribution < -0.4 is 0 Å². The number of benzene rings is 1. The van der Waals surface area contributed by atoms with Crippen molar-refractivity contribution in [2.75, 3.05) is 6.26 Å². The summed E-state index contributed by atoms with van der Waals surface area (Å²) < 4.78 is 0. The van der Waals surface area contributed by atoms with Crippen LogP contribution in [-0.4, -0.2) is 12.0 Å². The zero-order valence-electron chi connectivity index (χ0n) is 11.3. The van der Waals surface area contributed by atoms with E-state index in [1.165, 1.54) is 9.77 Å². The predicted octanol–water partition coefficient (Wildman–Crippen LogP) is 4.98. The molecule has 0 radical (unpaired) electrons. The van der Waals surface area contributed by atoms with E-state index >= 15 is 0 Å². The summed E-state index contributed by atoms with van der Waals surface area (Å²) in [6.45, 7) is 4.02. The van der Waals surface area contributed by atoms with Crippen LogP contribution in [0.15, 0.2) is 41.3 Å². The molecule has 2 rings (SSSR count). The Labute approximate surface area is 122 Å². The Morgan fingerprint density at radius 3 is 2.42 bits per heavy atom. The third kappa shape index (κ3) is 3.58. The van der Waals surface area contributed by atoms with Gasteiger partial charge in [0.2, 0.25) is 0 Å². The SMILES string of the molecule is CSc1ccc(/C=C/C(=O)c2cc(C)sc2C)cc1. The Balaban J connectivity index is 2.13. The van der Waals surface area contributed by atoms with Gasteiger partial charge in [0.15, 0.2) is 5.78 Å². The summed E-state index contributed by atoms with van der Waals surface area (Å²) in [6, 6.07) is 10.1. The van der Waals surface area contributed by atoms with E-state index in [4.69, 9.17) is 0 Å². The smallest absolute Gasteiger partial charge is 0.186 e. The van der Waals surface area contributed by atoms with Gasteiger partial charge in [0.1, 0.15) is 0 Å². The van der Waals surface area contributed by atoms with Crippen molar-refractivity contribution in [3.05, 3.63) is 57.3 Å². The first-order chi connectivity index (χ1) is 9.10. The Morgan fingerprint density at radius 1 is 1.21 bits per heavy atom. The maximum absolute atomic E-state index is 12.1. The Morgan fingerprint density at radius 2 is 1.89 bits per heavy atom. The molecule has 19 heavy (non-hydrogen) atoms. The fraction of sp³-hybridized carbons (Fsp3) is 0.188. The van der Waals surface area contributed by atoms with Crippen LogP contribution in [-0.2, 0) is 0 Å². The van der Waals surface area contributed by atoms with Gasteiger partial charge in [-0.05, 0) is 49.9 Å². The lowest BCUT2D eigenvalue weighted by atomic mass is 10.1. The van der Waals surface area contributed by atoms with Gasteiger partial charge in [0, 0.05) is 20.2 Å². The van der Waals surface area contributed by atoms with Gasteiger partial charge in [-0.3, -0.25) is 4.79 Å². The molecular formula is C16H16OS2. The molecule has 2 aromatic rings. The van der Waals surface area contributed by atoms with Crippen LogP contribution in [0, 0.1) is 13.8 Å². The highest BCUT2D eigenvalue weighted by molar-refractivity contribution is 7.98. The maximum atomic E-state index is 12.1. The zero-order valence-corrected chi connectivity index (χ0v) is 12.9. The molecule has 1 aromatic heterocycles. The van der Waals surface area contributed by atoms with Crippen LogP contribution in [0.1, 0.15) is 25.7 Å². The fourth-order valence-corrected chi connectivity index (χ4v) is 3.19.